The molecule has 3 aromatic carbocycles. The number of allylic oxidation sites excluding steroid dienone is 5. The quantitative estimate of drug-likeness (QED) is 0.0423. The van der Waals surface area contributed by atoms with Crippen LogP contribution in [0.1, 0.15) is 102 Å². The molecule has 0 saturated heterocycles. The number of nitrogens with zero attached hydrogens (tertiary/aromatic N) is 2. The Labute approximate surface area is 389 Å². The van der Waals surface area contributed by atoms with E-state index in [2.05, 4.69) is 4.58 Å². The van der Waals surface area contributed by atoms with Gasteiger partial charge in [-0.15, -0.1) is 0 Å². The summed E-state index contributed by atoms with van der Waals surface area (Å²) in [7, 11) is -17.4. The van der Waals surface area contributed by atoms with E-state index in [1.165, 1.54) is 24.3 Å². The summed E-state index contributed by atoms with van der Waals surface area (Å²) in [6.45, 7) is 9.07. The summed E-state index contributed by atoms with van der Waals surface area (Å²) in [5.41, 5.74) is 11.8. The van der Waals surface area contributed by atoms with E-state index >= 15 is 0 Å². The summed E-state index contributed by atoms with van der Waals surface area (Å²) in [5, 5.41) is 0. The van der Waals surface area contributed by atoms with Gasteiger partial charge in [0.25, 0.3) is 40.5 Å². The lowest BCUT2D eigenvalue weighted by Crippen LogP contribution is -2.30. The molecule has 20 heteroatoms. The lowest BCUT2D eigenvalue weighted by molar-refractivity contribution is -0.440. The van der Waals surface area contributed by atoms with Crippen LogP contribution in [0, 0.1) is 0 Å². The van der Waals surface area contributed by atoms with Crippen molar-refractivity contribution in [2.45, 2.75) is 113 Å². The normalized spacial score (nSPS) is 18.7. The van der Waals surface area contributed by atoms with Crippen LogP contribution < -0.4 is 15.4 Å². The summed E-state index contributed by atoms with van der Waals surface area (Å²) < 4.78 is 143. The Morgan fingerprint density at radius 3 is 1.91 bits per heavy atom. The predicted octanol–water partition coefficient (Wildman–Crippen LogP) is 7.30. The topological polar surface area (TPSA) is 259 Å². The summed E-state index contributed by atoms with van der Waals surface area (Å²) in [4.78, 5) is 1.51. The third-order valence-electron chi connectivity index (χ3n) is 12.7. The van der Waals surface area contributed by atoms with Gasteiger partial charge in [0.05, 0.1) is 26.7 Å². The Kier molecular flexibility index (Phi) is 15.3. The highest BCUT2D eigenvalue weighted by Crippen LogP contribution is 2.49. The Morgan fingerprint density at radius 2 is 1.30 bits per heavy atom. The average Bonchev–Trinajstić information content (AvgIpc) is 3.56. The standard InChI is InChI=1S/C46H59N3O13S4/c1-45(2)38-30-36(65(56,57)58)18-20-40(38)48(26-5-7-28-63(50,51)52)42(45)22-14-33-10-9-11-34(44(33)62-35-16-12-32(13-17-35)24-25-47)15-23-43-46(3,4)39-31-37(66(59,60)61)19-21-41(39)49(43)27-6-8-29-64(53,54)55/h12-14,16-22,30-31H,5-11,15,23-29,47H2,1-4H3,(H3-,50,51,52,53,54,55,56,57,58,59,60,61)/p+1/b33-14+,42-22+. The predicted molar refractivity (Wildman–Crippen MR) is 253 cm³/mol. The molecule has 16 nitrogen and oxygen atoms in total. The molecule has 0 radical (unpaired) electrons. The first-order valence-electron chi connectivity index (χ1n) is 21.9. The van der Waals surface area contributed by atoms with Crippen molar-refractivity contribution in [3.63, 3.8) is 0 Å². The van der Waals surface area contributed by atoms with E-state index in [1.54, 1.807) is 12.1 Å². The summed E-state index contributed by atoms with van der Waals surface area (Å²) in [6.07, 6.45) is 8.99. The van der Waals surface area contributed by atoms with E-state index < -0.39 is 62.8 Å². The van der Waals surface area contributed by atoms with Gasteiger partial charge in [-0.3, -0.25) is 18.2 Å². The van der Waals surface area contributed by atoms with Crippen LogP contribution in [0.2, 0.25) is 0 Å². The first-order chi connectivity index (χ1) is 30.7. The first kappa shape index (κ1) is 51.1. The monoisotopic (exact) mass is 990 g/mol. The van der Waals surface area contributed by atoms with Crippen molar-refractivity contribution in [2.24, 2.45) is 5.73 Å². The molecule has 3 aromatic rings. The molecule has 360 valence electrons. The molecule has 0 fully saturated rings. The maximum atomic E-state index is 12.3. The van der Waals surface area contributed by atoms with Crippen molar-refractivity contribution in [1.29, 1.82) is 0 Å². The Bertz CT molecular complexity index is 2940. The minimum absolute atomic E-state index is 0.182. The molecule has 1 aliphatic carbocycles. The maximum Gasteiger partial charge on any atom is 0.294 e. The second-order valence-corrected chi connectivity index (χ2v) is 24.1. The number of hydrogen-bond acceptors (Lipinski definition) is 11. The molecule has 2 aliphatic heterocycles. The van der Waals surface area contributed by atoms with Gasteiger partial charge in [-0.1, -0.05) is 32.1 Å². The lowest BCUT2D eigenvalue weighted by atomic mass is 9.79. The Morgan fingerprint density at radius 1 is 0.697 bits per heavy atom. The van der Waals surface area contributed by atoms with E-state index in [4.69, 9.17) is 10.5 Å². The van der Waals surface area contributed by atoms with Crippen molar-refractivity contribution in [3.8, 4) is 5.75 Å². The molecule has 0 atom stereocenters. The van der Waals surface area contributed by atoms with Crippen LogP contribution in [0.3, 0.4) is 0 Å². The highest BCUT2D eigenvalue weighted by molar-refractivity contribution is 7.86. The summed E-state index contributed by atoms with van der Waals surface area (Å²) in [5.74, 6) is 0.466. The second-order valence-electron chi connectivity index (χ2n) is 18.1. The number of ether oxygens (including phenoxy) is 1. The van der Waals surface area contributed by atoms with E-state index in [-0.39, 0.29) is 22.6 Å². The van der Waals surface area contributed by atoms with E-state index in [0.717, 1.165) is 40.2 Å². The van der Waals surface area contributed by atoms with Crippen molar-refractivity contribution in [1.82, 2.24) is 0 Å². The third-order valence-corrected chi connectivity index (χ3v) is 16.0. The van der Waals surface area contributed by atoms with E-state index in [9.17, 15) is 51.9 Å². The van der Waals surface area contributed by atoms with Crippen LogP contribution in [0.15, 0.2) is 105 Å². The smallest absolute Gasteiger partial charge is 0.294 e. The van der Waals surface area contributed by atoms with Crippen LogP contribution in [-0.2, 0) is 57.7 Å². The molecule has 3 aliphatic rings. The fourth-order valence-electron chi connectivity index (χ4n) is 9.36. The number of hydrogen-bond donors (Lipinski definition) is 5. The number of nitrogens with two attached hydrogens (primary N) is 1. The van der Waals surface area contributed by atoms with Gasteiger partial charge in [0.2, 0.25) is 5.69 Å². The molecule has 6 N–H and O–H groups in total. The summed E-state index contributed by atoms with van der Waals surface area (Å²) >= 11 is 0. The molecule has 0 unspecified atom stereocenters. The van der Waals surface area contributed by atoms with Crippen LogP contribution in [0.4, 0.5) is 11.4 Å². The molecule has 0 amide bonds. The van der Waals surface area contributed by atoms with Crippen LogP contribution in [-0.4, -0.2) is 93.3 Å². The van der Waals surface area contributed by atoms with Crippen LogP contribution in [0.5, 0.6) is 5.75 Å². The number of unbranched alkanes of at least 4 members (excludes halogenated alkanes) is 2. The SMILES string of the molecule is CC1(C)C(CCC2=C(Oc3ccc(CCN)cc3)/C(=C/C=C3/N(CCCCS(=O)(=O)O)c4ccc(S(=O)(=O)O)cc4C3(C)C)CCC2)=[N+](CCCCS(=O)(=O)O)c2ccc(S(=O)(=O)O)cc21. The molecule has 6 rings (SSSR count). The molecule has 0 aromatic heterocycles. The van der Waals surface area contributed by atoms with Gasteiger partial charge in [-0.2, -0.15) is 38.2 Å². The van der Waals surface area contributed by atoms with Crippen LogP contribution >= 0.6 is 0 Å². The zero-order valence-corrected chi connectivity index (χ0v) is 40.9. The average molecular weight is 991 g/mol. The zero-order valence-electron chi connectivity index (χ0n) is 37.6. The van der Waals surface area contributed by atoms with Gasteiger partial charge in [-0.25, -0.2) is 0 Å². The number of fused-ring (bicyclic) bond motifs is 2. The minimum Gasteiger partial charge on any atom is -0.457 e. The molecular weight excluding hydrogens is 931 g/mol. The van der Waals surface area contributed by atoms with Crippen LogP contribution in [0.25, 0.3) is 0 Å². The molecule has 0 saturated carbocycles. The molecule has 0 spiro atoms. The van der Waals surface area contributed by atoms with Gasteiger partial charge in [0.15, 0.2) is 5.71 Å². The molecule has 2 heterocycles. The van der Waals surface area contributed by atoms with Crippen molar-refractivity contribution >= 4 is 57.6 Å². The van der Waals surface area contributed by atoms with Gasteiger partial charge in [-0.05, 0) is 143 Å². The maximum absolute atomic E-state index is 12.3. The minimum atomic E-state index is -4.53. The Balaban J connectivity index is 1.43. The van der Waals surface area contributed by atoms with E-state index in [1.807, 2.05) is 69.0 Å². The summed E-state index contributed by atoms with van der Waals surface area (Å²) in [6, 6.07) is 16.6. The first-order valence-corrected chi connectivity index (χ1v) is 28.0. The fraction of sp³-hybridized carbons (Fsp3) is 0.457. The number of benzene rings is 3. The lowest BCUT2D eigenvalue weighted by Gasteiger charge is -2.28. The zero-order chi connectivity index (χ0) is 48.5. The van der Waals surface area contributed by atoms with Crippen molar-refractivity contribution in [2.75, 3.05) is 36.0 Å². The largest absolute Gasteiger partial charge is 0.457 e. The van der Waals surface area contributed by atoms with Gasteiger partial charge in [0.1, 0.15) is 18.1 Å². The highest BCUT2D eigenvalue weighted by atomic mass is 32.2. The second kappa shape index (κ2) is 19.8. The van der Waals surface area contributed by atoms with Crippen molar-refractivity contribution in [3.05, 3.63) is 112 Å². The van der Waals surface area contributed by atoms with Gasteiger partial charge in [0, 0.05) is 47.8 Å². The molecular formula is C46H60N3O13S4+. The van der Waals surface area contributed by atoms with E-state index in [0.29, 0.717) is 92.9 Å². The molecule has 66 heavy (non-hydrogen) atoms. The molecule has 0 bridgehead atoms. The number of anilines is 1. The number of rotatable bonds is 20. The Hall–Kier alpha value is -4.25. The highest BCUT2D eigenvalue weighted by Gasteiger charge is 2.46. The van der Waals surface area contributed by atoms with Gasteiger partial charge < -0.3 is 15.4 Å². The van der Waals surface area contributed by atoms with Gasteiger partial charge >= 0.3 is 0 Å². The third kappa shape index (κ3) is 12.1. The van der Waals surface area contributed by atoms with Crippen molar-refractivity contribution < 1.29 is 61.2 Å². The fourth-order valence-corrected chi connectivity index (χ4v) is 11.5.